The van der Waals surface area contributed by atoms with Crippen LogP contribution in [0, 0.1) is 18.7 Å². The van der Waals surface area contributed by atoms with Crippen LogP contribution in [-0.4, -0.2) is 30.4 Å². The van der Waals surface area contributed by atoms with Crippen LogP contribution in [0.2, 0.25) is 0 Å². The lowest BCUT2D eigenvalue weighted by atomic mass is 9.74. The molecule has 2 aliphatic heterocycles. The van der Waals surface area contributed by atoms with Gasteiger partial charge in [-0.15, -0.1) is 0 Å². The van der Waals surface area contributed by atoms with Gasteiger partial charge in [-0.25, -0.2) is 4.39 Å². The van der Waals surface area contributed by atoms with Crippen LogP contribution < -0.4 is 4.90 Å². The Hall–Kier alpha value is -2.20. The second kappa shape index (κ2) is 7.81. The number of nitrogens with zero attached hydrogens (tertiary/aromatic N) is 2. The Morgan fingerprint density at radius 3 is 2.47 bits per heavy atom. The molecule has 1 saturated carbocycles. The van der Waals surface area contributed by atoms with E-state index in [9.17, 15) is 9.18 Å². The highest BCUT2D eigenvalue weighted by Gasteiger charge is 2.47. The molecule has 3 nitrogen and oxygen atoms in total. The summed E-state index contributed by atoms with van der Waals surface area (Å²) >= 11 is 0. The van der Waals surface area contributed by atoms with Gasteiger partial charge in [0.25, 0.3) is 0 Å². The zero-order valence-corrected chi connectivity index (χ0v) is 17.9. The standard InChI is InChI=1S/C26H31FN2O/c1-19-6-11-24-23(16-19)26(18-29(24)25(30)21-4-2-3-5-21)12-14-28(15-13-26)17-20-7-9-22(27)10-8-20/h6-11,16,21H,2-5,12-15,17-18H2,1H3. The predicted octanol–water partition coefficient (Wildman–Crippen LogP) is 5.20. The molecule has 0 bridgehead atoms. The molecule has 0 atom stereocenters. The first-order chi connectivity index (χ1) is 14.5. The van der Waals surface area contributed by atoms with Crippen molar-refractivity contribution in [3.05, 3.63) is 65.0 Å². The van der Waals surface area contributed by atoms with Crippen LogP contribution >= 0.6 is 0 Å². The van der Waals surface area contributed by atoms with Crippen LogP contribution in [0.25, 0.3) is 0 Å². The molecule has 0 radical (unpaired) electrons. The van der Waals surface area contributed by atoms with Crippen LogP contribution in [0.3, 0.4) is 0 Å². The highest BCUT2D eigenvalue weighted by atomic mass is 19.1. The summed E-state index contributed by atoms with van der Waals surface area (Å²) in [4.78, 5) is 17.9. The van der Waals surface area contributed by atoms with E-state index < -0.39 is 0 Å². The molecule has 158 valence electrons. The molecule has 0 unspecified atom stereocenters. The van der Waals surface area contributed by atoms with Crippen LogP contribution in [0.15, 0.2) is 42.5 Å². The minimum absolute atomic E-state index is 0.0783. The van der Waals surface area contributed by atoms with E-state index in [2.05, 4.69) is 34.9 Å². The minimum Gasteiger partial charge on any atom is -0.311 e. The van der Waals surface area contributed by atoms with E-state index in [1.54, 1.807) is 12.1 Å². The number of rotatable bonds is 3. The lowest BCUT2D eigenvalue weighted by Crippen LogP contribution is -2.46. The molecule has 1 amide bonds. The maximum Gasteiger partial charge on any atom is 0.230 e. The van der Waals surface area contributed by atoms with Gasteiger partial charge in [-0.2, -0.15) is 0 Å². The van der Waals surface area contributed by atoms with E-state index in [4.69, 9.17) is 0 Å². The highest BCUT2D eigenvalue weighted by molar-refractivity contribution is 5.98. The van der Waals surface area contributed by atoms with Crippen molar-refractivity contribution in [2.75, 3.05) is 24.5 Å². The molecular formula is C26H31FN2O. The SMILES string of the molecule is Cc1ccc2c(c1)C1(CCN(Cc3ccc(F)cc3)CC1)CN2C(=O)C1CCCC1. The number of piperidine rings is 1. The molecule has 1 aliphatic carbocycles. The fourth-order valence-corrected chi connectivity index (χ4v) is 5.79. The summed E-state index contributed by atoms with van der Waals surface area (Å²) in [6.45, 7) is 5.87. The van der Waals surface area contributed by atoms with E-state index >= 15 is 0 Å². The Kier molecular flexibility index (Phi) is 5.14. The van der Waals surface area contributed by atoms with Gasteiger partial charge in [-0.05, 0) is 75.0 Å². The van der Waals surface area contributed by atoms with Crippen molar-refractivity contribution < 1.29 is 9.18 Å². The van der Waals surface area contributed by atoms with Crippen molar-refractivity contribution in [2.24, 2.45) is 5.92 Å². The summed E-state index contributed by atoms with van der Waals surface area (Å²) < 4.78 is 13.2. The van der Waals surface area contributed by atoms with Gasteiger partial charge in [-0.1, -0.05) is 42.7 Å². The molecule has 2 fully saturated rings. The van der Waals surface area contributed by atoms with Crippen molar-refractivity contribution in [1.82, 2.24) is 4.90 Å². The fourth-order valence-electron chi connectivity index (χ4n) is 5.79. The Balaban J connectivity index is 1.35. The Labute approximate surface area is 178 Å². The molecule has 5 rings (SSSR count). The smallest absolute Gasteiger partial charge is 0.230 e. The van der Waals surface area contributed by atoms with Gasteiger partial charge >= 0.3 is 0 Å². The first kappa shape index (κ1) is 19.7. The zero-order chi connectivity index (χ0) is 20.7. The summed E-state index contributed by atoms with van der Waals surface area (Å²) in [7, 11) is 0. The number of carbonyl (C=O) groups excluding carboxylic acids is 1. The summed E-state index contributed by atoms with van der Waals surface area (Å²) in [6.07, 6.45) is 6.62. The van der Waals surface area contributed by atoms with Crippen molar-refractivity contribution in [1.29, 1.82) is 0 Å². The van der Waals surface area contributed by atoms with Crippen molar-refractivity contribution in [3.63, 3.8) is 0 Å². The summed E-state index contributed by atoms with van der Waals surface area (Å²) in [6, 6.07) is 13.5. The molecule has 2 heterocycles. The van der Waals surface area contributed by atoms with Gasteiger partial charge in [0.1, 0.15) is 5.82 Å². The monoisotopic (exact) mass is 406 g/mol. The number of carbonyl (C=O) groups is 1. The number of hydrogen-bond acceptors (Lipinski definition) is 2. The van der Waals surface area contributed by atoms with Crippen LogP contribution in [0.4, 0.5) is 10.1 Å². The van der Waals surface area contributed by atoms with E-state index in [1.807, 2.05) is 12.1 Å². The largest absolute Gasteiger partial charge is 0.311 e. The van der Waals surface area contributed by atoms with Crippen molar-refractivity contribution in [3.8, 4) is 0 Å². The van der Waals surface area contributed by atoms with Gasteiger partial charge in [0.05, 0.1) is 0 Å². The Morgan fingerprint density at radius 2 is 1.77 bits per heavy atom. The second-order valence-electron chi connectivity index (χ2n) is 9.61. The molecule has 2 aromatic rings. The van der Waals surface area contributed by atoms with E-state index in [0.29, 0.717) is 5.91 Å². The number of aryl methyl sites for hydroxylation is 1. The number of amides is 1. The van der Waals surface area contributed by atoms with Gasteiger partial charge in [0.15, 0.2) is 0 Å². The topological polar surface area (TPSA) is 23.6 Å². The average molecular weight is 407 g/mol. The third-order valence-corrected chi connectivity index (χ3v) is 7.58. The van der Waals surface area contributed by atoms with Crippen LogP contribution in [0.5, 0.6) is 0 Å². The first-order valence-electron chi connectivity index (χ1n) is 11.4. The Bertz CT molecular complexity index is 925. The van der Waals surface area contributed by atoms with Gasteiger partial charge < -0.3 is 4.90 Å². The van der Waals surface area contributed by atoms with E-state index in [-0.39, 0.29) is 17.2 Å². The molecule has 30 heavy (non-hydrogen) atoms. The Morgan fingerprint density at radius 1 is 1.07 bits per heavy atom. The van der Waals surface area contributed by atoms with E-state index in [1.165, 1.54) is 24.0 Å². The summed E-state index contributed by atoms with van der Waals surface area (Å²) in [5.41, 5.74) is 5.06. The van der Waals surface area contributed by atoms with Crippen LogP contribution in [0.1, 0.15) is 55.2 Å². The number of halogens is 1. The molecule has 1 saturated heterocycles. The average Bonchev–Trinajstić information content (AvgIpc) is 3.39. The quantitative estimate of drug-likeness (QED) is 0.699. The summed E-state index contributed by atoms with van der Waals surface area (Å²) in [5, 5.41) is 0. The lowest BCUT2D eigenvalue weighted by Gasteiger charge is -2.40. The van der Waals surface area contributed by atoms with Crippen molar-refractivity contribution >= 4 is 11.6 Å². The predicted molar refractivity (Wildman–Crippen MR) is 118 cm³/mol. The normalized spacial score (nSPS) is 21.3. The number of anilines is 1. The van der Waals surface area contributed by atoms with Gasteiger partial charge in [0.2, 0.25) is 5.91 Å². The first-order valence-corrected chi connectivity index (χ1v) is 11.4. The number of benzene rings is 2. The molecule has 2 aromatic carbocycles. The lowest BCUT2D eigenvalue weighted by molar-refractivity contribution is -0.122. The third kappa shape index (κ3) is 3.56. The molecular weight excluding hydrogens is 375 g/mol. The second-order valence-corrected chi connectivity index (χ2v) is 9.61. The molecule has 0 N–H and O–H groups in total. The number of hydrogen-bond donors (Lipinski definition) is 0. The van der Waals surface area contributed by atoms with Crippen LogP contribution in [-0.2, 0) is 16.8 Å². The van der Waals surface area contributed by atoms with Gasteiger partial charge in [0, 0.05) is 30.1 Å². The minimum atomic E-state index is -0.179. The third-order valence-electron chi connectivity index (χ3n) is 7.58. The maximum atomic E-state index is 13.3. The van der Waals surface area contributed by atoms with Crippen molar-refractivity contribution in [2.45, 2.75) is 57.4 Å². The van der Waals surface area contributed by atoms with Gasteiger partial charge in [-0.3, -0.25) is 9.69 Å². The highest BCUT2D eigenvalue weighted by Crippen LogP contribution is 2.48. The fraction of sp³-hybridized carbons (Fsp3) is 0.500. The zero-order valence-electron chi connectivity index (χ0n) is 17.9. The van der Waals surface area contributed by atoms with E-state index in [0.717, 1.165) is 63.1 Å². The number of likely N-dealkylation sites (tertiary alicyclic amines) is 1. The molecule has 3 aliphatic rings. The molecule has 4 heteroatoms. The maximum absolute atomic E-state index is 13.3. The molecule has 1 spiro atoms. The summed E-state index contributed by atoms with van der Waals surface area (Å²) in [5.74, 6) is 0.386. The molecule has 0 aromatic heterocycles. The number of fused-ring (bicyclic) bond motifs is 2.